The lowest BCUT2D eigenvalue weighted by Crippen LogP contribution is -2.42. The molecule has 1 heterocycles. The summed E-state index contributed by atoms with van der Waals surface area (Å²) in [6, 6.07) is 9.32. The van der Waals surface area contributed by atoms with E-state index in [1.807, 2.05) is 18.8 Å². The smallest absolute Gasteiger partial charge is 0.191 e. The highest BCUT2D eigenvalue weighted by atomic mass is 32.2. The fourth-order valence-electron chi connectivity index (χ4n) is 3.41. The first-order valence-electron chi connectivity index (χ1n) is 8.77. The van der Waals surface area contributed by atoms with E-state index in [1.54, 1.807) is 0 Å². The molecule has 1 aliphatic carbocycles. The number of nitrogens with zero attached hydrogens (tertiary/aromatic N) is 2. The van der Waals surface area contributed by atoms with Gasteiger partial charge in [-0.25, -0.2) is 0 Å². The van der Waals surface area contributed by atoms with Gasteiger partial charge in [-0.15, -0.1) is 0 Å². The Morgan fingerprint density at radius 3 is 2.83 bits per heavy atom. The van der Waals surface area contributed by atoms with E-state index in [1.165, 1.54) is 30.5 Å². The maximum Gasteiger partial charge on any atom is 0.191 e. The van der Waals surface area contributed by atoms with Crippen molar-refractivity contribution in [2.45, 2.75) is 37.1 Å². The zero-order chi connectivity index (χ0) is 16.8. The summed E-state index contributed by atoms with van der Waals surface area (Å²) in [6.45, 7) is 2.82. The minimum atomic E-state index is 0.552. The van der Waals surface area contributed by atoms with Crippen molar-refractivity contribution in [3.05, 3.63) is 42.0 Å². The number of guanidine groups is 1. The van der Waals surface area contributed by atoms with Gasteiger partial charge in [0.05, 0.1) is 0 Å². The van der Waals surface area contributed by atoms with Crippen LogP contribution in [0.5, 0.6) is 0 Å². The minimum Gasteiger partial charge on any atom is -0.364 e. The van der Waals surface area contributed by atoms with Crippen molar-refractivity contribution < 1.29 is 0 Å². The molecule has 0 amide bonds. The van der Waals surface area contributed by atoms with Crippen LogP contribution in [0.2, 0.25) is 0 Å². The molecule has 1 aliphatic heterocycles. The molecule has 130 valence electrons. The Kier molecular flexibility index (Phi) is 6.07. The second-order valence-corrected chi connectivity index (χ2v) is 7.62. The maximum absolute atomic E-state index is 4.38. The van der Waals surface area contributed by atoms with Gasteiger partial charge >= 0.3 is 0 Å². The van der Waals surface area contributed by atoms with E-state index in [-0.39, 0.29) is 0 Å². The number of aliphatic imine (C=N–C) groups is 1. The molecular weight excluding hydrogens is 316 g/mol. The number of anilines is 1. The first kappa shape index (κ1) is 17.2. The van der Waals surface area contributed by atoms with E-state index >= 15 is 0 Å². The molecule has 2 unspecified atom stereocenters. The van der Waals surface area contributed by atoms with Gasteiger partial charge < -0.3 is 15.5 Å². The average molecular weight is 345 g/mol. The van der Waals surface area contributed by atoms with Gasteiger partial charge in [0.2, 0.25) is 0 Å². The highest BCUT2D eigenvalue weighted by molar-refractivity contribution is 7.99. The molecule has 1 aromatic carbocycles. The second kappa shape index (κ2) is 8.47. The summed E-state index contributed by atoms with van der Waals surface area (Å²) in [5.74, 6) is 0.912. The van der Waals surface area contributed by atoms with Gasteiger partial charge in [-0.1, -0.05) is 24.3 Å². The third kappa shape index (κ3) is 4.47. The molecule has 0 radical (unpaired) electrons. The molecule has 2 N–H and O–H groups in total. The summed E-state index contributed by atoms with van der Waals surface area (Å²) in [4.78, 5) is 6.76. The van der Waals surface area contributed by atoms with Crippen LogP contribution in [0, 0.1) is 0 Å². The van der Waals surface area contributed by atoms with Crippen LogP contribution < -0.4 is 15.5 Å². The Balaban J connectivity index is 1.51. The molecule has 5 heteroatoms. The van der Waals surface area contributed by atoms with E-state index in [2.05, 4.69) is 63.2 Å². The predicted octanol–water partition coefficient (Wildman–Crippen LogP) is 3.01. The molecule has 4 nitrogen and oxygen atoms in total. The normalized spacial score (nSPS) is 23.8. The standard InChI is InChI=1S/C19H28N4S/c1-20-19(22-16-8-9-18(13-16)24-2)21-14-15-6-5-7-17(12-15)23-10-3-4-11-23/h3-7,12,16,18H,8-11,13-14H2,1-2H3,(H2,20,21,22). The minimum absolute atomic E-state index is 0.552. The van der Waals surface area contributed by atoms with Crippen molar-refractivity contribution in [2.75, 3.05) is 31.3 Å². The number of thioether (sulfide) groups is 1. The fraction of sp³-hybridized carbons (Fsp3) is 0.526. The zero-order valence-corrected chi connectivity index (χ0v) is 15.5. The fourth-order valence-corrected chi connectivity index (χ4v) is 4.21. The Morgan fingerprint density at radius 2 is 2.12 bits per heavy atom. The van der Waals surface area contributed by atoms with Gasteiger partial charge in [-0.3, -0.25) is 4.99 Å². The van der Waals surface area contributed by atoms with Crippen LogP contribution in [0.1, 0.15) is 24.8 Å². The van der Waals surface area contributed by atoms with Gasteiger partial charge in [0.15, 0.2) is 5.96 Å². The van der Waals surface area contributed by atoms with Crippen molar-refractivity contribution in [1.82, 2.24) is 10.6 Å². The van der Waals surface area contributed by atoms with E-state index in [0.29, 0.717) is 6.04 Å². The van der Waals surface area contributed by atoms with E-state index in [4.69, 9.17) is 0 Å². The summed E-state index contributed by atoms with van der Waals surface area (Å²) in [6.07, 6.45) is 10.4. The third-order valence-electron chi connectivity index (χ3n) is 4.84. The van der Waals surface area contributed by atoms with Crippen LogP contribution in [0.4, 0.5) is 5.69 Å². The molecule has 2 aliphatic rings. The average Bonchev–Trinajstić information content (AvgIpc) is 3.30. The Morgan fingerprint density at radius 1 is 1.29 bits per heavy atom. The zero-order valence-electron chi connectivity index (χ0n) is 14.7. The third-order valence-corrected chi connectivity index (χ3v) is 5.93. The molecule has 1 fully saturated rings. The van der Waals surface area contributed by atoms with Crippen molar-refractivity contribution in [2.24, 2.45) is 4.99 Å². The lowest BCUT2D eigenvalue weighted by molar-refractivity contribution is 0.614. The number of benzene rings is 1. The van der Waals surface area contributed by atoms with Crippen molar-refractivity contribution in [3.8, 4) is 0 Å². The molecular formula is C19H28N4S. The summed E-state index contributed by atoms with van der Waals surface area (Å²) in [7, 11) is 1.85. The van der Waals surface area contributed by atoms with E-state index in [0.717, 1.165) is 30.8 Å². The van der Waals surface area contributed by atoms with Gasteiger partial charge in [0, 0.05) is 43.7 Å². The Hall–Kier alpha value is -1.62. The van der Waals surface area contributed by atoms with Crippen molar-refractivity contribution >= 4 is 23.4 Å². The number of hydrogen-bond acceptors (Lipinski definition) is 3. The Bertz CT molecular complexity index is 591. The molecule has 0 spiro atoms. The van der Waals surface area contributed by atoms with Crippen LogP contribution in [0.25, 0.3) is 0 Å². The lowest BCUT2D eigenvalue weighted by Gasteiger charge is -2.20. The number of rotatable bonds is 5. The molecule has 0 bridgehead atoms. The molecule has 1 saturated carbocycles. The van der Waals surface area contributed by atoms with Crippen LogP contribution in [0.15, 0.2) is 41.4 Å². The first-order chi connectivity index (χ1) is 11.8. The maximum atomic E-state index is 4.38. The number of hydrogen-bond donors (Lipinski definition) is 2. The van der Waals surface area contributed by atoms with Gasteiger partial charge in [-0.2, -0.15) is 11.8 Å². The monoisotopic (exact) mass is 344 g/mol. The van der Waals surface area contributed by atoms with Gasteiger partial charge in [0.1, 0.15) is 0 Å². The quantitative estimate of drug-likeness (QED) is 0.489. The van der Waals surface area contributed by atoms with E-state index in [9.17, 15) is 0 Å². The van der Waals surface area contributed by atoms with Crippen LogP contribution in [-0.4, -0.2) is 43.6 Å². The highest BCUT2D eigenvalue weighted by Crippen LogP contribution is 2.28. The summed E-state index contributed by atoms with van der Waals surface area (Å²) in [5, 5.41) is 7.83. The molecule has 1 aromatic rings. The van der Waals surface area contributed by atoms with Crippen LogP contribution in [-0.2, 0) is 6.54 Å². The Labute approximate surface area is 149 Å². The second-order valence-electron chi connectivity index (χ2n) is 6.48. The molecule has 24 heavy (non-hydrogen) atoms. The van der Waals surface area contributed by atoms with Crippen molar-refractivity contribution in [1.29, 1.82) is 0 Å². The molecule has 0 saturated heterocycles. The van der Waals surface area contributed by atoms with Gasteiger partial charge in [-0.05, 0) is 43.2 Å². The van der Waals surface area contributed by atoms with Crippen molar-refractivity contribution in [3.63, 3.8) is 0 Å². The van der Waals surface area contributed by atoms with Crippen LogP contribution in [0.3, 0.4) is 0 Å². The molecule has 0 aromatic heterocycles. The summed E-state index contributed by atoms with van der Waals surface area (Å²) in [5.41, 5.74) is 2.58. The van der Waals surface area contributed by atoms with E-state index < -0.39 is 0 Å². The largest absolute Gasteiger partial charge is 0.364 e. The molecule has 3 rings (SSSR count). The first-order valence-corrected chi connectivity index (χ1v) is 10.1. The highest BCUT2D eigenvalue weighted by Gasteiger charge is 2.24. The predicted molar refractivity (Wildman–Crippen MR) is 106 cm³/mol. The molecule has 2 atom stereocenters. The van der Waals surface area contributed by atoms with Gasteiger partial charge in [0.25, 0.3) is 0 Å². The number of nitrogens with one attached hydrogen (secondary N) is 2. The summed E-state index contributed by atoms with van der Waals surface area (Å²) < 4.78 is 0. The topological polar surface area (TPSA) is 39.7 Å². The SMILES string of the molecule is CN=C(NCc1cccc(N2CC=CC2)c1)NC1CCC(SC)C1. The van der Waals surface area contributed by atoms with Crippen LogP contribution >= 0.6 is 11.8 Å². The lowest BCUT2D eigenvalue weighted by atomic mass is 10.2. The summed E-state index contributed by atoms with van der Waals surface area (Å²) >= 11 is 1.98.